The molecule has 0 saturated carbocycles. The van der Waals surface area contributed by atoms with Crippen molar-refractivity contribution in [3.63, 3.8) is 0 Å². The summed E-state index contributed by atoms with van der Waals surface area (Å²) in [5, 5.41) is 2.56. The molecule has 1 fully saturated rings. The van der Waals surface area contributed by atoms with E-state index in [0.29, 0.717) is 32.1 Å². The maximum absolute atomic E-state index is 13.1. The van der Waals surface area contributed by atoms with Crippen LogP contribution >= 0.6 is 0 Å². The summed E-state index contributed by atoms with van der Waals surface area (Å²) in [6, 6.07) is 10.7. The van der Waals surface area contributed by atoms with Gasteiger partial charge in [0.05, 0.1) is 36.6 Å². The smallest absolute Gasteiger partial charge is 0.243 e. The van der Waals surface area contributed by atoms with Gasteiger partial charge >= 0.3 is 0 Å². The molecule has 10 nitrogen and oxygen atoms in total. The lowest BCUT2D eigenvalue weighted by atomic mass is 10.3. The molecule has 1 amide bonds. The molecular formula is C21H26FN3O7S2. The van der Waals surface area contributed by atoms with Gasteiger partial charge in [-0.3, -0.25) is 9.10 Å². The van der Waals surface area contributed by atoms with Gasteiger partial charge in [0.15, 0.2) is 0 Å². The number of amides is 1. The average molecular weight is 516 g/mol. The minimum Gasteiger partial charge on any atom is -0.492 e. The Bertz CT molecular complexity index is 1180. The normalized spacial score (nSPS) is 15.0. The maximum atomic E-state index is 13.1. The van der Waals surface area contributed by atoms with Crippen molar-refractivity contribution in [3.8, 4) is 5.75 Å². The van der Waals surface area contributed by atoms with Crippen LogP contribution in [0.25, 0.3) is 0 Å². The predicted octanol–water partition coefficient (Wildman–Crippen LogP) is 0.808. The van der Waals surface area contributed by atoms with Gasteiger partial charge in [-0.05, 0) is 48.5 Å². The summed E-state index contributed by atoms with van der Waals surface area (Å²) < 4.78 is 75.4. The number of sulfonamides is 2. The zero-order valence-electron chi connectivity index (χ0n) is 18.5. The fraction of sp³-hybridized carbons (Fsp3) is 0.381. The van der Waals surface area contributed by atoms with E-state index >= 15 is 0 Å². The molecule has 0 aromatic heterocycles. The minimum absolute atomic E-state index is 0.0801. The summed E-state index contributed by atoms with van der Waals surface area (Å²) in [6.45, 7) is 1.02. The van der Waals surface area contributed by atoms with E-state index in [1.165, 1.54) is 40.7 Å². The average Bonchev–Trinajstić information content (AvgIpc) is 2.81. The summed E-state index contributed by atoms with van der Waals surface area (Å²) in [5.74, 6) is -0.671. The molecule has 0 unspecified atom stereocenters. The molecule has 1 heterocycles. The number of benzene rings is 2. The number of carbonyl (C=O) groups excluding carboxylic acids is 1. The zero-order chi connectivity index (χ0) is 24.8. The van der Waals surface area contributed by atoms with Gasteiger partial charge in [-0.15, -0.1) is 0 Å². The quantitative estimate of drug-likeness (QED) is 0.465. The first-order chi connectivity index (χ1) is 16.1. The Labute approximate surface area is 198 Å². The van der Waals surface area contributed by atoms with Crippen LogP contribution < -0.4 is 14.4 Å². The van der Waals surface area contributed by atoms with Crippen LogP contribution in [0.3, 0.4) is 0 Å². The summed E-state index contributed by atoms with van der Waals surface area (Å²) >= 11 is 0. The largest absolute Gasteiger partial charge is 0.492 e. The maximum Gasteiger partial charge on any atom is 0.243 e. The lowest BCUT2D eigenvalue weighted by molar-refractivity contribution is -0.119. The summed E-state index contributed by atoms with van der Waals surface area (Å²) in [6.07, 6.45) is 0.954. The molecule has 34 heavy (non-hydrogen) atoms. The Kier molecular flexibility index (Phi) is 8.47. The Hall–Kier alpha value is -2.74. The first-order valence-electron chi connectivity index (χ1n) is 10.4. The van der Waals surface area contributed by atoms with Gasteiger partial charge < -0.3 is 14.8 Å². The molecule has 3 rings (SSSR count). The molecular weight excluding hydrogens is 489 g/mol. The fourth-order valence-corrected chi connectivity index (χ4v) is 5.46. The van der Waals surface area contributed by atoms with Gasteiger partial charge in [0, 0.05) is 13.1 Å². The number of anilines is 1. The van der Waals surface area contributed by atoms with Crippen LogP contribution in [0.5, 0.6) is 5.75 Å². The van der Waals surface area contributed by atoms with Crippen molar-refractivity contribution in [1.82, 2.24) is 9.62 Å². The third-order valence-corrected chi connectivity index (χ3v) is 7.98. The molecule has 186 valence electrons. The van der Waals surface area contributed by atoms with Crippen LogP contribution in [-0.2, 0) is 29.6 Å². The van der Waals surface area contributed by atoms with E-state index in [0.717, 1.165) is 22.7 Å². The van der Waals surface area contributed by atoms with Gasteiger partial charge in [-0.2, -0.15) is 4.31 Å². The number of nitrogens with zero attached hydrogens (tertiary/aromatic N) is 2. The molecule has 0 radical (unpaired) electrons. The number of carbonyl (C=O) groups is 1. The van der Waals surface area contributed by atoms with Gasteiger partial charge in [-0.1, -0.05) is 0 Å². The van der Waals surface area contributed by atoms with E-state index in [1.807, 2.05) is 0 Å². The Morgan fingerprint density at radius 2 is 1.68 bits per heavy atom. The van der Waals surface area contributed by atoms with E-state index in [1.54, 1.807) is 0 Å². The summed E-state index contributed by atoms with van der Waals surface area (Å²) in [7, 11) is -7.36. The fourth-order valence-electron chi connectivity index (χ4n) is 3.20. The molecule has 2 aromatic rings. The molecule has 0 bridgehead atoms. The Morgan fingerprint density at radius 1 is 1.06 bits per heavy atom. The molecule has 1 aliphatic heterocycles. The second-order valence-electron chi connectivity index (χ2n) is 7.43. The van der Waals surface area contributed by atoms with Gasteiger partial charge in [0.1, 0.15) is 24.7 Å². The highest BCUT2D eigenvalue weighted by Gasteiger charge is 2.26. The van der Waals surface area contributed by atoms with Crippen molar-refractivity contribution >= 4 is 31.6 Å². The first-order valence-corrected chi connectivity index (χ1v) is 13.7. The van der Waals surface area contributed by atoms with Crippen LogP contribution in [0.1, 0.15) is 0 Å². The van der Waals surface area contributed by atoms with Crippen molar-refractivity contribution in [1.29, 1.82) is 0 Å². The monoisotopic (exact) mass is 515 g/mol. The van der Waals surface area contributed by atoms with Crippen molar-refractivity contribution in [2.45, 2.75) is 4.90 Å². The van der Waals surface area contributed by atoms with E-state index in [2.05, 4.69) is 5.32 Å². The third-order valence-electron chi connectivity index (χ3n) is 4.93. The number of morpholine rings is 1. The molecule has 1 N–H and O–H groups in total. The van der Waals surface area contributed by atoms with Crippen molar-refractivity contribution in [2.24, 2.45) is 0 Å². The van der Waals surface area contributed by atoms with Crippen LogP contribution in [0.2, 0.25) is 0 Å². The highest BCUT2D eigenvalue weighted by Crippen LogP contribution is 2.20. The van der Waals surface area contributed by atoms with E-state index in [4.69, 9.17) is 9.47 Å². The highest BCUT2D eigenvalue weighted by atomic mass is 32.2. The van der Waals surface area contributed by atoms with E-state index in [-0.39, 0.29) is 23.7 Å². The first kappa shape index (κ1) is 25.9. The van der Waals surface area contributed by atoms with E-state index in [9.17, 15) is 26.0 Å². The third kappa shape index (κ3) is 6.88. The number of ether oxygens (including phenoxy) is 2. The zero-order valence-corrected chi connectivity index (χ0v) is 20.1. The van der Waals surface area contributed by atoms with Gasteiger partial charge in [0.25, 0.3) is 0 Å². The van der Waals surface area contributed by atoms with Crippen LogP contribution in [0.4, 0.5) is 10.1 Å². The summed E-state index contributed by atoms with van der Waals surface area (Å²) in [5.41, 5.74) is 0.169. The topological polar surface area (TPSA) is 122 Å². The Morgan fingerprint density at radius 3 is 2.26 bits per heavy atom. The second-order valence-corrected chi connectivity index (χ2v) is 11.3. The summed E-state index contributed by atoms with van der Waals surface area (Å²) in [4.78, 5) is 12.4. The number of nitrogens with one attached hydrogen (secondary N) is 1. The minimum atomic E-state index is -3.76. The van der Waals surface area contributed by atoms with Crippen LogP contribution in [0.15, 0.2) is 53.4 Å². The number of hydrogen-bond donors (Lipinski definition) is 1. The molecule has 13 heteroatoms. The Balaban J connectivity index is 1.49. The predicted molar refractivity (Wildman–Crippen MR) is 123 cm³/mol. The number of rotatable bonds is 10. The lowest BCUT2D eigenvalue weighted by Gasteiger charge is -2.26. The lowest BCUT2D eigenvalue weighted by Crippen LogP contribution is -2.41. The SMILES string of the molecule is CS(=O)(=O)N(CC(=O)NCCOc1ccc(S(=O)(=O)N2CCOCC2)cc1)c1ccc(F)cc1. The number of hydrogen-bond acceptors (Lipinski definition) is 7. The van der Waals surface area contributed by atoms with Crippen LogP contribution in [-0.4, -0.2) is 79.3 Å². The molecule has 1 aliphatic rings. The second kappa shape index (κ2) is 11.1. The van der Waals surface area contributed by atoms with Crippen molar-refractivity contribution in [3.05, 3.63) is 54.3 Å². The number of halogens is 1. The van der Waals surface area contributed by atoms with E-state index < -0.39 is 38.3 Å². The van der Waals surface area contributed by atoms with Crippen LogP contribution in [0, 0.1) is 5.82 Å². The molecule has 0 spiro atoms. The highest BCUT2D eigenvalue weighted by molar-refractivity contribution is 7.92. The molecule has 1 saturated heterocycles. The molecule has 2 aromatic carbocycles. The molecule has 0 atom stereocenters. The van der Waals surface area contributed by atoms with Gasteiger partial charge in [0.2, 0.25) is 26.0 Å². The van der Waals surface area contributed by atoms with Crippen molar-refractivity contribution < 1.29 is 35.5 Å². The van der Waals surface area contributed by atoms with Crippen molar-refractivity contribution in [2.75, 3.05) is 56.6 Å². The molecule has 0 aliphatic carbocycles. The standard InChI is InChI=1S/C21H26FN3O7S2/c1-33(27,28)25(18-4-2-17(22)3-5-18)16-21(26)23-10-13-32-19-6-8-20(9-7-19)34(29,30)24-11-14-31-15-12-24/h2-9H,10-16H2,1H3,(H,23,26). The van der Waals surface area contributed by atoms with Gasteiger partial charge in [-0.25, -0.2) is 21.2 Å².